The van der Waals surface area contributed by atoms with Crippen LogP contribution in [0.3, 0.4) is 0 Å². The second-order valence-corrected chi connectivity index (χ2v) is 5.52. The predicted molar refractivity (Wildman–Crippen MR) is 90.4 cm³/mol. The molecule has 1 unspecified atom stereocenters. The molecule has 1 N–H and O–H groups in total. The van der Waals surface area contributed by atoms with Crippen molar-refractivity contribution in [2.45, 2.75) is 19.6 Å². The van der Waals surface area contributed by atoms with Gasteiger partial charge in [0.05, 0.1) is 11.0 Å². The molecule has 4 rings (SSSR count). The molecule has 0 saturated heterocycles. The maximum Gasteiger partial charge on any atom is 0.271 e. The predicted octanol–water partition coefficient (Wildman–Crippen LogP) is 2.83. The molecule has 2 aromatic carbocycles. The molecule has 1 amide bonds. The molecule has 0 radical (unpaired) electrons. The number of benzene rings is 2. The van der Waals surface area contributed by atoms with Crippen LogP contribution in [0, 0.1) is 0 Å². The zero-order chi connectivity index (χ0) is 16.5. The first-order valence-corrected chi connectivity index (χ1v) is 7.91. The number of nitrogens with one attached hydrogen (secondary N) is 1. The van der Waals surface area contributed by atoms with Crippen molar-refractivity contribution in [3.63, 3.8) is 0 Å². The number of hydrogen-bond donors (Lipinski definition) is 1. The van der Waals surface area contributed by atoms with E-state index >= 15 is 0 Å². The van der Waals surface area contributed by atoms with Crippen molar-refractivity contribution >= 4 is 22.9 Å². The summed E-state index contributed by atoms with van der Waals surface area (Å²) in [6, 6.07) is 15.1. The Bertz CT molecular complexity index is 903. The Morgan fingerprint density at radius 2 is 1.96 bits per heavy atom. The molecular formula is C18H17N3O3. The van der Waals surface area contributed by atoms with Gasteiger partial charge in [-0.2, -0.15) is 0 Å². The standard InChI is InChI=1S/C18H17N3O3/c1-2-21-13-8-4-3-7-12(13)19-18(21)20-17(22)16-11-23-14-9-5-6-10-15(14)24-16/h3-10,16H,2,11H2,1H3,(H,19,20,22). The number of amides is 1. The average Bonchev–Trinajstić information content (AvgIpc) is 2.98. The Kier molecular flexibility index (Phi) is 3.57. The lowest BCUT2D eigenvalue weighted by atomic mass is 10.2. The zero-order valence-corrected chi connectivity index (χ0v) is 13.2. The topological polar surface area (TPSA) is 65.4 Å². The number of ether oxygens (including phenoxy) is 2. The number of fused-ring (bicyclic) bond motifs is 2. The molecule has 2 heterocycles. The lowest BCUT2D eigenvalue weighted by Gasteiger charge is -2.25. The Morgan fingerprint density at radius 3 is 2.79 bits per heavy atom. The quantitative estimate of drug-likeness (QED) is 0.805. The summed E-state index contributed by atoms with van der Waals surface area (Å²) < 4.78 is 13.3. The maximum absolute atomic E-state index is 12.6. The van der Waals surface area contributed by atoms with E-state index in [1.54, 1.807) is 6.07 Å². The fraction of sp³-hybridized carbons (Fsp3) is 0.222. The van der Waals surface area contributed by atoms with Gasteiger partial charge in [0.25, 0.3) is 5.91 Å². The molecule has 6 nitrogen and oxygen atoms in total. The highest BCUT2D eigenvalue weighted by molar-refractivity contribution is 5.95. The molecule has 6 heteroatoms. The van der Waals surface area contributed by atoms with Crippen molar-refractivity contribution in [1.82, 2.24) is 9.55 Å². The summed E-state index contributed by atoms with van der Waals surface area (Å²) in [5.74, 6) is 1.48. The van der Waals surface area contributed by atoms with E-state index in [2.05, 4.69) is 10.3 Å². The van der Waals surface area contributed by atoms with Gasteiger partial charge in [0.2, 0.25) is 12.1 Å². The first kappa shape index (κ1) is 14.6. The van der Waals surface area contributed by atoms with Crippen LogP contribution >= 0.6 is 0 Å². The van der Waals surface area contributed by atoms with E-state index in [-0.39, 0.29) is 12.5 Å². The van der Waals surface area contributed by atoms with Gasteiger partial charge < -0.3 is 14.0 Å². The van der Waals surface area contributed by atoms with E-state index in [1.165, 1.54) is 0 Å². The van der Waals surface area contributed by atoms with Crippen molar-refractivity contribution in [3.8, 4) is 11.5 Å². The number of anilines is 1. The van der Waals surface area contributed by atoms with Gasteiger partial charge in [-0.25, -0.2) is 4.98 Å². The molecule has 1 aromatic heterocycles. The molecular weight excluding hydrogens is 306 g/mol. The van der Waals surface area contributed by atoms with Crippen LogP contribution in [0.25, 0.3) is 11.0 Å². The second kappa shape index (κ2) is 5.88. The van der Waals surface area contributed by atoms with Crippen LogP contribution in [0.4, 0.5) is 5.95 Å². The molecule has 0 spiro atoms. The normalized spacial score (nSPS) is 16.1. The fourth-order valence-corrected chi connectivity index (χ4v) is 2.83. The molecule has 0 bridgehead atoms. The molecule has 0 saturated carbocycles. The summed E-state index contributed by atoms with van der Waals surface area (Å²) >= 11 is 0. The average molecular weight is 323 g/mol. The molecule has 1 atom stereocenters. The number of carbonyl (C=O) groups is 1. The SMILES string of the molecule is CCn1c(NC(=O)C2COc3ccccc3O2)nc2ccccc21. The first-order chi connectivity index (χ1) is 11.8. The fourth-order valence-electron chi connectivity index (χ4n) is 2.83. The molecule has 0 fully saturated rings. The van der Waals surface area contributed by atoms with Gasteiger partial charge in [0.1, 0.15) is 6.61 Å². The van der Waals surface area contributed by atoms with Gasteiger partial charge in [0.15, 0.2) is 11.5 Å². The Labute approximate surface area is 139 Å². The molecule has 24 heavy (non-hydrogen) atoms. The molecule has 122 valence electrons. The van der Waals surface area contributed by atoms with E-state index in [0.29, 0.717) is 24.0 Å². The highest BCUT2D eigenvalue weighted by Gasteiger charge is 2.28. The van der Waals surface area contributed by atoms with Crippen LogP contribution in [0.15, 0.2) is 48.5 Å². The summed E-state index contributed by atoms with van der Waals surface area (Å²) in [6.07, 6.45) is -0.704. The van der Waals surface area contributed by atoms with Gasteiger partial charge in [-0.05, 0) is 31.2 Å². The van der Waals surface area contributed by atoms with Crippen LogP contribution in [-0.2, 0) is 11.3 Å². The van der Waals surface area contributed by atoms with Crippen molar-refractivity contribution in [2.75, 3.05) is 11.9 Å². The third-order valence-corrected chi connectivity index (χ3v) is 4.01. The van der Waals surface area contributed by atoms with Gasteiger partial charge in [-0.15, -0.1) is 0 Å². The zero-order valence-electron chi connectivity index (χ0n) is 13.2. The minimum absolute atomic E-state index is 0.176. The van der Waals surface area contributed by atoms with E-state index < -0.39 is 6.10 Å². The van der Waals surface area contributed by atoms with E-state index in [4.69, 9.17) is 9.47 Å². The summed E-state index contributed by atoms with van der Waals surface area (Å²) in [7, 11) is 0. The summed E-state index contributed by atoms with van der Waals surface area (Å²) in [5.41, 5.74) is 1.84. The van der Waals surface area contributed by atoms with E-state index in [0.717, 1.165) is 11.0 Å². The number of nitrogens with zero attached hydrogens (tertiary/aromatic N) is 2. The van der Waals surface area contributed by atoms with Gasteiger partial charge in [-0.1, -0.05) is 24.3 Å². The summed E-state index contributed by atoms with van der Waals surface area (Å²) in [5, 5.41) is 2.86. The number of para-hydroxylation sites is 4. The number of rotatable bonds is 3. The third kappa shape index (κ3) is 2.46. The van der Waals surface area contributed by atoms with Gasteiger partial charge in [0, 0.05) is 6.54 Å². The third-order valence-electron chi connectivity index (χ3n) is 4.01. The van der Waals surface area contributed by atoms with Crippen LogP contribution in [0.2, 0.25) is 0 Å². The van der Waals surface area contributed by atoms with Crippen molar-refractivity contribution < 1.29 is 14.3 Å². The Balaban J connectivity index is 1.57. The lowest BCUT2D eigenvalue weighted by molar-refractivity contribution is -0.125. The van der Waals surface area contributed by atoms with Crippen LogP contribution < -0.4 is 14.8 Å². The number of imidazole rings is 1. The molecule has 3 aromatic rings. The maximum atomic E-state index is 12.6. The van der Waals surface area contributed by atoms with Gasteiger partial charge in [-0.3, -0.25) is 10.1 Å². The largest absolute Gasteiger partial charge is 0.485 e. The second-order valence-electron chi connectivity index (χ2n) is 5.52. The Hall–Kier alpha value is -3.02. The van der Waals surface area contributed by atoms with Gasteiger partial charge >= 0.3 is 0 Å². The molecule has 0 aliphatic carbocycles. The number of hydrogen-bond acceptors (Lipinski definition) is 4. The monoisotopic (exact) mass is 323 g/mol. The highest BCUT2D eigenvalue weighted by Crippen LogP contribution is 2.31. The minimum Gasteiger partial charge on any atom is -0.485 e. The van der Waals surface area contributed by atoms with Crippen LogP contribution in [-0.4, -0.2) is 28.2 Å². The number of aryl methyl sites for hydroxylation is 1. The number of carbonyl (C=O) groups excluding carboxylic acids is 1. The van der Waals surface area contributed by atoms with E-state index in [9.17, 15) is 4.79 Å². The summed E-state index contributed by atoms with van der Waals surface area (Å²) in [6.45, 7) is 2.90. The first-order valence-electron chi connectivity index (χ1n) is 7.91. The van der Waals surface area contributed by atoms with E-state index in [1.807, 2.05) is 54.0 Å². The summed E-state index contributed by atoms with van der Waals surface area (Å²) in [4.78, 5) is 17.1. The smallest absolute Gasteiger partial charge is 0.271 e. The molecule has 1 aliphatic heterocycles. The molecule has 1 aliphatic rings. The number of aromatic nitrogens is 2. The van der Waals surface area contributed by atoms with Crippen LogP contribution in [0.1, 0.15) is 6.92 Å². The lowest BCUT2D eigenvalue weighted by Crippen LogP contribution is -2.40. The minimum atomic E-state index is -0.704. The highest BCUT2D eigenvalue weighted by atomic mass is 16.6. The van der Waals surface area contributed by atoms with Crippen molar-refractivity contribution in [3.05, 3.63) is 48.5 Å². The van der Waals surface area contributed by atoms with Crippen LogP contribution in [0.5, 0.6) is 11.5 Å². The Morgan fingerprint density at radius 1 is 1.21 bits per heavy atom. The van der Waals surface area contributed by atoms with Crippen molar-refractivity contribution in [1.29, 1.82) is 0 Å². The van der Waals surface area contributed by atoms with Crippen molar-refractivity contribution in [2.24, 2.45) is 0 Å².